The summed E-state index contributed by atoms with van der Waals surface area (Å²) in [6, 6.07) is 1.62. The average Bonchev–Trinajstić information content (AvgIpc) is 3.22. The summed E-state index contributed by atoms with van der Waals surface area (Å²) in [5.41, 5.74) is 0.898. The maximum Gasteiger partial charge on any atom is 0.305 e. The van der Waals surface area contributed by atoms with Gasteiger partial charge < -0.3 is 33.9 Å². The number of ether oxygens (including phenoxy) is 4. The Balaban J connectivity index is 1.37. The van der Waals surface area contributed by atoms with E-state index in [-0.39, 0.29) is 36.5 Å². The SMILES string of the molecule is COCCCO[C@H]1CN(c2cnc(O[C@@H]3CCN(c4cc(OC)ncc4Cl)C[C@@H]3C)cn2)[C@@H](CC(=O)O)[C@@H]1C. The molecule has 0 radical (unpaired) electrons. The molecule has 0 aliphatic carbocycles. The van der Waals surface area contributed by atoms with Crippen molar-refractivity contribution in [3.8, 4) is 11.8 Å². The molecule has 2 aromatic heterocycles. The van der Waals surface area contributed by atoms with Crippen LogP contribution in [0.15, 0.2) is 24.7 Å². The maximum absolute atomic E-state index is 11.6. The number of hydrogen-bond donors (Lipinski definition) is 1. The number of piperidine rings is 1. The van der Waals surface area contributed by atoms with E-state index in [0.717, 1.165) is 31.6 Å². The van der Waals surface area contributed by atoms with E-state index in [1.54, 1.807) is 32.8 Å². The molecule has 4 rings (SSSR count). The average molecular weight is 564 g/mol. The zero-order chi connectivity index (χ0) is 27.9. The smallest absolute Gasteiger partial charge is 0.305 e. The number of hydrogen-bond acceptors (Lipinski definition) is 10. The number of pyridine rings is 1. The van der Waals surface area contributed by atoms with Gasteiger partial charge in [0.25, 0.3) is 0 Å². The van der Waals surface area contributed by atoms with Crippen LogP contribution >= 0.6 is 11.6 Å². The van der Waals surface area contributed by atoms with Crippen LogP contribution in [0.25, 0.3) is 0 Å². The van der Waals surface area contributed by atoms with E-state index in [0.29, 0.717) is 42.4 Å². The third-order valence-corrected chi connectivity index (χ3v) is 7.84. The first-order chi connectivity index (χ1) is 18.8. The van der Waals surface area contributed by atoms with Gasteiger partial charge in [0.05, 0.1) is 48.9 Å². The van der Waals surface area contributed by atoms with Crippen molar-refractivity contribution in [3.05, 3.63) is 29.7 Å². The van der Waals surface area contributed by atoms with E-state index in [4.69, 9.17) is 30.5 Å². The Morgan fingerprint density at radius 3 is 2.54 bits per heavy atom. The lowest BCUT2D eigenvalue weighted by atomic mass is 9.96. The molecule has 0 unspecified atom stereocenters. The van der Waals surface area contributed by atoms with Gasteiger partial charge in [-0.05, 0) is 6.42 Å². The van der Waals surface area contributed by atoms with Crippen molar-refractivity contribution in [2.45, 2.75) is 51.4 Å². The van der Waals surface area contributed by atoms with Gasteiger partial charge in [-0.15, -0.1) is 0 Å². The summed E-state index contributed by atoms with van der Waals surface area (Å²) < 4.78 is 22.7. The number of halogens is 1. The molecule has 2 aliphatic heterocycles. The maximum atomic E-state index is 11.6. The van der Waals surface area contributed by atoms with Crippen molar-refractivity contribution < 1.29 is 28.8 Å². The summed E-state index contributed by atoms with van der Waals surface area (Å²) in [6.45, 7) is 7.44. The van der Waals surface area contributed by atoms with Gasteiger partial charge in [0.2, 0.25) is 11.8 Å². The summed E-state index contributed by atoms with van der Waals surface area (Å²) in [5, 5.41) is 10.1. The lowest BCUT2D eigenvalue weighted by Crippen LogP contribution is -2.44. The minimum absolute atomic E-state index is 0.00247. The molecule has 2 aromatic rings. The Morgan fingerprint density at radius 2 is 1.87 bits per heavy atom. The van der Waals surface area contributed by atoms with Gasteiger partial charge in [0, 0.05) is 70.3 Å². The molecule has 0 amide bonds. The molecule has 5 atom stereocenters. The second kappa shape index (κ2) is 13.5. The number of rotatable bonds is 12. The minimum atomic E-state index is -0.850. The van der Waals surface area contributed by atoms with E-state index in [1.165, 1.54) is 0 Å². The fourth-order valence-electron chi connectivity index (χ4n) is 5.36. The van der Waals surface area contributed by atoms with Crippen LogP contribution in [-0.4, -0.2) is 91.3 Å². The third-order valence-electron chi connectivity index (χ3n) is 7.55. The zero-order valence-corrected chi connectivity index (χ0v) is 23.7. The number of carboxylic acids is 1. The number of methoxy groups -OCH3 is 2. The monoisotopic (exact) mass is 563 g/mol. The highest BCUT2D eigenvalue weighted by Crippen LogP contribution is 2.34. The zero-order valence-electron chi connectivity index (χ0n) is 23.0. The van der Waals surface area contributed by atoms with Crippen molar-refractivity contribution in [2.75, 3.05) is 56.9 Å². The van der Waals surface area contributed by atoms with Crippen molar-refractivity contribution in [1.29, 1.82) is 0 Å². The van der Waals surface area contributed by atoms with E-state index < -0.39 is 5.97 Å². The molecule has 2 fully saturated rings. The van der Waals surface area contributed by atoms with E-state index in [9.17, 15) is 9.90 Å². The Morgan fingerprint density at radius 1 is 1.08 bits per heavy atom. The number of nitrogens with zero attached hydrogens (tertiary/aromatic N) is 5. The predicted molar refractivity (Wildman–Crippen MR) is 147 cm³/mol. The first-order valence-corrected chi connectivity index (χ1v) is 13.7. The highest BCUT2D eigenvalue weighted by atomic mass is 35.5. The highest BCUT2D eigenvalue weighted by Gasteiger charge is 2.41. The fourth-order valence-corrected chi connectivity index (χ4v) is 5.59. The molecule has 2 aliphatic rings. The van der Waals surface area contributed by atoms with Crippen LogP contribution in [0.4, 0.5) is 11.5 Å². The largest absolute Gasteiger partial charge is 0.481 e. The fraction of sp³-hybridized carbons (Fsp3) is 0.630. The van der Waals surface area contributed by atoms with Crippen LogP contribution in [0.5, 0.6) is 11.8 Å². The molecule has 0 saturated carbocycles. The molecule has 214 valence electrons. The van der Waals surface area contributed by atoms with Gasteiger partial charge in [-0.1, -0.05) is 25.4 Å². The van der Waals surface area contributed by atoms with Gasteiger partial charge in [-0.3, -0.25) is 4.79 Å². The van der Waals surface area contributed by atoms with Crippen molar-refractivity contribution in [1.82, 2.24) is 15.0 Å². The first-order valence-electron chi connectivity index (χ1n) is 13.3. The van der Waals surface area contributed by atoms with Gasteiger partial charge in [-0.2, -0.15) is 0 Å². The van der Waals surface area contributed by atoms with Crippen LogP contribution < -0.4 is 19.3 Å². The summed E-state index contributed by atoms with van der Waals surface area (Å²) in [7, 11) is 3.25. The molecule has 4 heterocycles. The number of aromatic nitrogens is 3. The van der Waals surface area contributed by atoms with Crippen LogP contribution in [-0.2, 0) is 14.3 Å². The summed E-state index contributed by atoms with van der Waals surface area (Å²) in [6.07, 6.45) is 6.35. The van der Waals surface area contributed by atoms with E-state index >= 15 is 0 Å². The van der Waals surface area contributed by atoms with Crippen LogP contribution in [0.3, 0.4) is 0 Å². The molecule has 0 aromatic carbocycles. The molecule has 39 heavy (non-hydrogen) atoms. The Labute approximate surface area is 234 Å². The second-order valence-corrected chi connectivity index (χ2v) is 10.6. The molecular weight excluding hydrogens is 526 g/mol. The minimum Gasteiger partial charge on any atom is -0.481 e. The molecule has 12 heteroatoms. The standard InChI is InChI=1S/C27H38ClN5O6/c1-17-15-32(21-10-25(37-4)30-12-19(21)28)7-6-22(17)39-26-14-29-24(13-31-26)33-16-23(38-9-5-8-36-3)18(2)20(33)11-27(34)35/h10,12-14,17-18,20,22-23H,5-9,11,15-16H2,1-4H3,(H,34,35)/t17-,18-,20-,22+,23-/m0/s1. The summed E-state index contributed by atoms with van der Waals surface area (Å²) in [5.74, 6) is 0.983. The molecule has 11 nitrogen and oxygen atoms in total. The topological polar surface area (TPSA) is 119 Å². The Kier molecular flexibility index (Phi) is 10.0. The lowest BCUT2D eigenvalue weighted by molar-refractivity contribution is -0.137. The van der Waals surface area contributed by atoms with E-state index in [2.05, 4.69) is 26.8 Å². The van der Waals surface area contributed by atoms with Crippen molar-refractivity contribution in [3.63, 3.8) is 0 Å². The molecule has 1 N–H and O–H groups in total. The van der Waals surface area contributed by atoms with Gasteiger partial charge >= 0.3 is 5.97 Å². The molecular formula is C27H38ClN5O6. The Bertz CT molecular complexity index is 1090. The highest BCUT2D eigenvalue weighted by molar-refractivity contribution is 6.33. The van der Waals surface area contributed by atoms with Gasteiger partial charge in [0.1, 0.15) is 11.9 Å². The summed E-state index contributed by atoms with van der Waals surface area (Å²) >= 11 is 6.40. The third kappa shape index (κ3) is 7.20. The molecule has 0 bridgehead atoms. The normalized spacial score (nSPS) is 25.1. The van der Waals surface area contributed by atoms with Crippen molar-refractivity contribution in [2.24, 2.45) is 11.8 Å². The second-order valence-electron chi connectivity index (χ2n) is 10.2. The quantitative estimate of drug-likeness (QED) is 0.382. The number of carboxylic acid groups (broad SMARTS) is 1. The number of aliphatic carboxylic acids is 1. The lowest BCUT2D eigenvalue weighted by Gasteiger charge is -2.38. The van der Waals surface area contributed by atoms with Crippen LogP contribution in [0.2, 0.25) is 5.02 Å². The van der Waals surface area contributed by atoms with E-state index in [1.807, 2.05) is 17.9 Å². The first kappa shape index (κ1) is 29.1. The van der Waals surface area contributed by atoms with Gasteiger partial charge in [-0.25, -0.2) is 15.0 Å². The summed E-state index contributed by atoms with van der Waals surface area (Å²) in [4.78, 5) is 29.1. The molecule has 2 saturated heterocycles. The number of anilines is 2. The number of carbonyl (C=O) groups is 1. The predicted octanol–water partition coefficient (Wildman–Crippen LogP) is 3.55. The Hall–Kier alpha value is -2.89. The van der Waals surface area contributed by atoms with Crippen LogP contribution in [0, 0.1) is 11.8 Å². The molecule has 0 spiro atoms. The van der Waals surface area contributed by atoms with Crippen molar-refractivity contribution >= 4 is 29.1 Å². The van der Waals surface area contributed by atoms with Crippen LogP contribution in [0.1, 0.15) is 33.1 Å². The van der Waals surface area contributed by atoms with Gasteiger partial charge in [0.15, 0.2) is 0 Å².